The summed E-state index contributed by atoms with van der Waals surface area (Å²) in [7, 11) is 0. The number of phenols is 3. The zero-order valence-corrected chi connectivity index (χ0v) is 7.94. The van der Waals surface area contributed by atoms with Gasteiger partial charge in [0.05, 0.1) is 17.0 Å². The zero-order chi connectivity index (χ0) is 10.9. The second-order valence-corrected chi connectivity index (χ2v) is 3.60. The second-order valence-electron chi connectivity index (χ2n) is 3.60. The number of nitriles is 1. The standard InChI is InChI=1S/C10H11NO3/c1-10(2,5-11)9-7(13)3-6(12)4-8(9)14/h3-4,12-14H,1-2H3. The van der Waals surface area contributed by atoms with Gasteiger partial charge in [-0.3, -0.25) is 0 Å². The second kappa shape index (κ2) is 3.11. The molecule has 74 valence electrons. The molecule has 0 aliphatic carbocycles. The molecule has 0 aliphatic heterocycles. The van der Waals surface area contributed by atoms with Crippen LogP contribution in [-0.4, -0.2) is 15.3 Å². The van der Waals surface area contributed by atoms with Crippen LogP contribution in [0, 0.1) is 11.3 Å². The van der Waals surface area contributed by atoms with Crippen molar-refractivity contribution in [1.82, 2.24) is 0 Å². The van der Waals surface area contributed by atoms with E-state index in [-0.39, 0.29) is 22.8 Å². The molecule has 0 bridgehead atoms. The summed E-state index contributed by atoms with van der Waals surface area (Å²) in [5.74, 6) is -0.805. The molecule has 1 aromatic rings. The highest BCUT2D eigenvalue weighted by Crippen LogP contribution is 2.40. The molecule has 0 unspecified atom stereocenters. The smallest absolute Gasteiger partial charge is 0.127 e. The van der Waals surface area contributed by atoms with Crippen molar-refractivity contribution in [1.29, 1.82) is 5.26 Å². The lowest BCUT2D eigenvalue weighted by atomic mass is 9.85. The SMILES string of the molecule is CC(C)(C#N)c1c(O)cc(O)cc1O. The van der Waals surface area contributed by atoms with Gasteiger partial charge in [0.2, 0.25) is 0 Å². The van der Waals surface area contributed by atoms with Gasteiger partial charge in [-0.2, -0.15) is 5.26 Å². The fourth-order valence-electron chi connectivity index (χ4n) is 1.29. The lowest BCUT2D eigenvalue weighted by Gasteiger charge is -2.18. The maximum atomic E-state index is 9.47. The number of hydrogen-bond acceptors (Lipinski definition) is 4. The Morgan fingerprint density at radius 1 is 1.14 bits per heavy atom. The number of aromatic hydroxyl groups is 3. The molecule has 0 aromatic heterocycles. The van der Waals surface area contributed by atoms with E-state index >= 15 is 0 Å². The van der Waals surface area contributed by atoms with Crippen LogP contribution in [0.1, 0.15) is 19.4 Å². The molecule has 0 atom stereocenters. The maximum absolute atomic E-state index is 9.47. The van der Waals surface area contributed by atoms with Gasteiger partial charge < -0.3 is 15.3 Å². The van der Waals surface area contributed by atoms with Gasteiger partial charge in [0.1, 0.15) is 17.2 Å². The van der Waals surface area contributed by atoms with E-state index < -0.39 is 5.41 Å². The summed E-state index contributed by atoms with van der Waals surface area (Å²) in [5.41, 5.74) is -0.875. The van der Waals surface area contributed by atoms with Gasteiger partial charge in [0.25, 0.3) is 0 Å². The highest BCUT2D eigenvalue weighted by atomic mass is 16.3. The van der Waals surface area contributed by atoms with E-state index in [1.807, 2.05) is 6.07 Å². The fraction of sp³-hybridized carbons (Fsp3) is 0.300. The molecule has 0 heterocycles. The molecule has 4 heteroatoms. The number of phenolic OH excluding ortho intramolecular Hbond substituents is 3. The summed E-state index contributed by atoms with van der Waals surface area (Å²) < 4.78 is 0. The first-order valence-corrected chi connectivity index (χ1v) is 4.05. The van der Waals surface area contributed by atoms with Crippen LogP contribution >= 0.6 is 0 Å². The van der Waals surface area contributed by atoms with E-state index in [0.717, 1.165) is 12.1 Å². The van der Waals surface area contributed by atoms with Gasteiger partial charge in [-0.05, 0) is 13.8 Å². The average Bonchev–Trinajstić information content (AvgIpc) is 2.01. The Bertz CT molecular complexity index is 381. The molecule has 1 aromatic carbocycles. The normalized spacial score (nSPS) is 10.9. The molecule has 4 nitrogen and oxygen atoms in total. The number of rotatable bonds is 1. The first kappa shape index (κ1) is 10.2. The molecule has 0 saturated carbocycles. The third kappa shape index (κ3) is 1.57. The Balaban J connectivity index is 3.44. The van der Waals surface area contributed by atoms with Crippen molar-refractivity contribution in [3.63, 3.8) is 0 Å². The monoisotopic (exact) mass is 193 g/mol. The third-order valence-corrected chi connectivity index (χ3v) is 1.99. The van der Waals surface area contributed by atoms with Gasteiger partial charge in [0, 0.05) is 12.1 Å². The molecule has 3 N–H and O–H groups in total. The first-order chi connectivity index (χ1) is 6.38. The average molecular weight is 193 g/mol. The van der Waals surface area contributed by atoms with Crippen molar-refractivity contribution >= 4 is 0 Å². The Kier molecular flexibility index (Phi) is 2.26. The van der Waals surface area contributed by atoms with Crippen molar-refractivity contribution in [3.8, 4) is 23.3 Å². The Hall–Kier alpha value is -1.89. The number of hydrogen-bond donors (Lipinski definition) is 3. The molecule has 0 aliphatic rings. The molecule has 1 rings (SSSR count). The van der Waals surface area contributed by atoms with Crippen LogP contribution < -0.4 is 0 Å². The minimum atomic E-state index is -0.998. The number of benzene rings is 1. The van der Waals surface area contributed by atoms with Crippen LogP contribution in [0.15, 0.2) is 12.1 Å². The van der Waals surface area contributed by atoms with E-state index in [1.54, 1.807) is 13.8 Å². The summed E-state index contributed by atoms with van der Waals surface area (Å²) in [5, 5.41) is 36.8. The molecule has 0 saturated heterocycles. The minimum absolute atomic E-state index is 0.123. The molecular weight excluding hydrogens is 182 g/mol. The van der Waals surface area contributed by atoms with Crippen LogP contribution in [-0.2, 0) is 5.41 Å². The lowest BCUT2D eigenvalue weighted by molar-refractivity contribution is 0.407. The van der Waals surface area contributed by atoms with Gasteiger partial charge in [-0.15, -0.1) is 0 Å². The van der Waals surface area contributed by atoms with E-state index in [1.165, 1.54) is 0 Å². The predicted octanol–water partition coefficient (Wildman–Crippen LogP) is 1.60. The molecular formula is C10H11NO3. The Morgan fingerprint density at radius 2 is 1.57 bits per heavy atom. The molecule has 0 amide bonds. The largest absolute Gasteiger partial charge is 0.508 e. The van der Waals surface area contributed by atoms with Gasteiger partial charge in [-0.25, -0.2) is 0 Å². The highest BCUT2D eigenvalue weighted by Gasteiger charge is 2.27. The first-order valence-electron chi connectivity index (χ1n) is 4.05. The van der Waals surface area contributed by atoms with Gasteiger partial charge >= 0.3 is 0 Å². The van der Waals surface area contributed by atoms with Crippen molar-refractivity contribution in [2.45, 2.75) is 19.3 Å². The van der Waals surface area contributed by atoms with Crippen LogP contribution in [0.2, 0.25) is 0 Å². The van der Waals surface area contributed by atoms with Crippen molar-refractivity contribution in [2.24, 2.45) is 0 Å². The van der Waals surface area contributed by atoms with Crippen LogP contribution in [0.25, 0.3) is 0 Å². The quantitative estimate of drug-likeness (QED) is 0.632. The van der Waals surface area contributed by atoms with Crippen molar-refractivity contribution < 1.29 is 15.3 Å². The fourth-order valence-corrected chi connectivity index (χ4v) is 1.29. The highest BCUT2D eigenvalue weighted by molar-refractivity contribution is 5.54. The third-order valence-electron chi connectivity index (χ3n) is 1.99. The zero-order valence-electron chi connectivity index (χ0n) is 7.94. The predicted molar refractivity (Wildman–Crippen MR) is 50.1 cm³/mol. The summed E-state index contributed by atoms with van der Waals surface area (Å²) in [6, 6.07) is 4.14. The van der Waals surface area contributed by atoms with E-state index in [0.29, 0.717) is 0 Å². The molecule has 0 spiro atoms. The summed E-state index contributed by atoms with van der Waals surface area (Å²) >= 11 is 0. The molecule has 14 heavy (non-hydrogen) atoms. The van der Waals surface area contributed by atoms with Gasteiger partial charge in [-0.1, -0.05) is 0 Å². The summed E-state index contributed by atoms with van der Waals surface area (Å²) in [6.45, 7) is 3.14. The van der Waals surface area contributed by atoms with Gasteiger partial charge in [0.15, 0.2) is 0 Å². The topological polar surface area (TPSA) is 84.5 Å². The van der Waals surface area contributed by atoms with E-state index in [4.69, 9.17) is 10.4 Å². The van der Waals surface area contributed by atoms with Crippen molar-refractivity contribution in [3.05, 3.63) is 17.7 Å². The maximum Gasteiger partial charge on any atom is 0.127 e. The summed E-state index contributed by atoms with van der Waals surface area (Å²) in [6.07, 6.45) is 0. The summed E-state index contributed by atoms with van der Waals surface area (Å²) in [4.78, 5) is 0. The van der Waals surface area contributed by atoms with Crippen LogP contribution in [0.5, 0.6) is 17.2 Å². The molecule has 0 fully saturated rings. The Labute approximate surface area is 81.7 Å². The van der Waals surface area contributed by atoms with Crippen LogP contribution in [0.3, 0.4) is 0 Å². The Morgan fingerprint density at radius 3 is 1.93 bits per heavy atom. The van der Waals surface area contributed by atoms with Crippen LogP contribution in [0.4, 0.5) is 0 Å². The van der Waals surface area contributed by atoms with Crippen molar-refractivity contribution in [2.75, 3.05) is 0 Å². The molecule has 0 radical (unpaired) electrons. The van der Waals surface area contributed by atoms with E-state index in [9.17, 15) is 10.2 Å². The van der Waals surface area contributed by atoms with E-state index in [2.05, 4.69) is 0 Å². The lowest BCUT2D eigenvalue weighted by Crippen LogP contribution is -2.14. The minimum Gasteiger partial charge on any atom is -0.508 e. The number of nitrogens with zero attached hydrogens (tertiary/aromatic N) is 1.